The monoisotopic (exact) mass is 341 g/mol. The number of hydrogen-bond donors (Lipinski definition) is 2. The lowest BCUT2D eigenvalue weighted by Crippen LogP contribution is -2.24. The van der Waals surface area contributed by atoms with Crippen molar-refractivity contribution in [2.45, 2.75) is 96.8 Å². The third-order valence-electron chi connectivity index (χ3n) is 4.10. The zero-order valence-corrected chi connectivity index (χ0v) is 16.2. The molecule has 0 fully saturated rings. The quantitative estimate of drug-likeness (QED) is 0.188. The first kappa shape index (κ1) is 22.6. The maximum atomic E-state index is 11.4. The van der Waals surface area contributed by atoms with Crippen molar-refractivity contribution >= 4 is 18.5 Å². The Morgan fingerprint density at radius 1 is 0.826 bits per heavy atom. The summed E-state index contributed by atoms with van der Waals surface area (Å²) in [4.78, 5) is 11.4. The lowest BCUT2D eigenvalue weighted by Gasteiger charge is -2.03. The van der Waals surface area contributed by atoms with Crippen LogP contribution in [0.25, 0.3) is 0 Å². The molecule has 0 rings (SSSR count). The first-order valence-corrected chi connectivity index (χ1v) is 10.5. The molecule has 136 valence electrons. The summed E-state index contributed by atoms with van der Waals surface area (Å²) in [6, 6.07) is 0. The van der Waals surface area contributed by atoms with Crippen LogP contribution in [0.15, 0.2) is 12.2 Å². The molecule has 3 heteroatoms. The fraction of sp³-hybridized carbons (Fsp3) is 0.850. The van der Waals surface area contributed by atoms with Gasteiger partial charge in [-0.3, -0.25) is 4.79 Å². The summed E-state index contributed by atoms with van der Waals surface area (Å²) in [7, 11) is 0. The van der Waals surface area contributed by atoms with Crippen LogP contribution >= 0.6 is 12.6 Å². The molecule has 0 spiro atoms. The van der Waals surface area contributed by atoms with Crippen molar-refractivity contribution in [3.05, 3.63) is 12.2 Å². The Balaban J connectivity index is 3.14. The van der Waals surface area contributed by atoms with E-state index < -0.39 is 0 Å². The average molecular weight is 342 g/mol. The minimum absolute atomic E-state index is 0.177. The third kappa shape index (κ3) is 19.5. The summed E-state index contributed by atoms with van der Waals surface area (Å²) < 4.78 is 0. The van der Waals surface area contributed by atoms with Crippen LogP contribution in [0.1, 0.15) is 96.8 Å². The summed E-state index contributed by atoms with van der Waals surface area (Å²) >= 11 is 4.08. The lowest BCUT2D eigenvalue weighted by molar-refractivity contribution is -0.121. The predicted octanol–water partition coefficient (Wildman–Crippen LogP) is 6.07. The normalized spacial score (nSPS) is 11.2. The molecule has 0 aliphatic rings. The SMILES string of the molecule is CCCCCCCC/C=C\CCCCCCCC(=O)NCCS. The number of unbranched alkanes of at least 4 members (excludes halogenated alkanes) is 11. The molecule has 0 aliphatic heterocycles. The highest BCUT2D eigenvalue weighted by molar-refractivity contribution is 7.80. The second-order valence-corrected chi connectivity index (χ2v) is 6.86. The van der Waals surface area contributed by atoms with Crippen LogP contribution in [0.4, 0.5) is 0 Å². The number of thiol groups is 1. The van der Waals surface area contributed by atoms with Crippen LogP contribution in [-0.2, 0) is 4.79 Å². The number of amides is 1. The van der Waals surface area contributed by atoms with Gasteiger partial charge in [0.1, 0.15) is 0 Å². The van der Waals surface area contributed by atoms with Gasteiger partial charge in [0.05, 0.1) is 0 Å². The zero-order chi connectivity index (χ0) is 17.0. The van der Waals surface area contributed by atoms with Crippen LogP contribution in [0.3, 0.4) is 0 Å². The molecule has 0 saturated heterocycles. The van der Waals surface area contributed by atoms with Crippen molar-refractivity contribution in [3.63, 3.8) is 0 Å². The highest BCUT2D eigenvalue weighted by atomic mass is 32.1. The minimum Gasteiger partial charge on any atom is -0.355 e. The summed E-state index contributed by atoms with van der Waals surface area (Å²) in [5, 5.41) is 2.86. The fourth-order valence-corrected chi connectivity index (χ4v) is 2.75. The van der Waals surface area contributed by atoms with Gasteiger partial charge in [0.15, 0.2) is 0 Å². The molecular formula is C20H39NOS. The van der Waals surface area contributed by atoms with Gasteiger partial charge in [-0.2, -0.15) is 12.6 Å². The average Bonchev–Trinajstić information content (AvgIpc) is 2.56. The lowest BCUT2D eigenvalue weighted by atomic mass is 10.1. The summed E-state index contributed by atoms with van der Waals surface area (Å²) in [6.45, 7) is 2.96. The van der Waals surface area contributed by atoms with Gasteiger partial charge in [-0.15, -0.1) is 0 Å². The van der Waals surface area contributed by atoms with Crippen LogP contribution in [-0.4, -0.2) is 18.2 Å². The number of rotatable bonds is 17. The molecule has 0 radical (unpaired) electrons. The topological polar surface area (TPSA) is 29.1 Å². The van der Waals surface area contributed by atoms with Crippen LogP contribution < -0.4 is 5.32 Å². The van der Waals surface area contributed by atoms with E-state index in [1.807, 2.05) is 0 Å². The molecule has 0 saturated carbocycles. The molecule has 0 aliphatic carbocycles. The van der Waals surface area contributed by atoms with Crippen molar-refractivity contribution in [1.29, 1.82) is 0 Å². The number of carbonyl (C=O) groups excluding carboxylic acids is 1. The summed E-state index contributed by atoms with van der Waals surface area (Å²) in [6.07, 6.45) is 22.2. The van der Waals surface area contributed by atoms with E-state index in [4.69, 9.17) is 0 Å². The van der Waals surface area contributed by atoms with Gasteiger partial charge in [0, 0.05) is 18.7 Å². The second kappa shape index (κ2) is 19.6. The van der Waals surface area contributed by atoms with Gasteiger partial charge in [-0.25, -0.2) is 0 Å². The summed E-state index contributed by atoms with van der Waals surface area (Å²) in [5.74, 6) is 0.898. The smallest absolute Gasteiger partial charge is 0.220 e. The van der Waals surface area contributed by atoms with Crippen LogP contribution in [0, 0.1) is 0 Å². The van der Waals surface area contributed by atoms with Crippen LogP contribution in [0.2, 0.25) is 0 Å². The molecule has 0 bridgehead atoms. The molecule has 2 nitrogen and oxygen atoms in total. The number of allylic oxidation sites excluding steroid dienone is 2. The van der Waals surface area contributed by atoms with Gasteiger partial charge >= 0.3 is 0 Å². The Labute approximate surface area is 150 Å². The molecule has 0 unspecified atom stereocenters. The number of carbonyl (C=O) groups is 1. The largest absolute Gasteiger partial charge is 0.355 e. The predicted molar refractivity (Wildman–Crippen MR) is 106 cm³/mol. The van der Waals surface area contributed by atoms with Crippen molar-refractivity contribution in [3.8, 4) is 0 Å². The molecule has 23 heavy (non-hydrogen) atoms. The minimum atomic E-state index is 0.177. The van der Waals surface area contributed by atoms with Gasteiger partial charge in [-0.05, 0) is 32.1 Å². The summed E-state index contributed by atoms with van der Waals surface area (Å²) in [5.41, 5.74) is 0. The van der Waals surface area contributed by atoms with E-state index >= 15 is 0 Å². The zero-order valence-electron chi connectivity index (χ0n) is 15.3. The van der Waals surface area contributed by atoms with E-state index in [9.17, 15) is 4.79 Å². The van der Waals surface area contributed by atoms with Gasteiger partial charge in [-0.1, -0.05) is 70.4 Å². The Kier molecular flexibility index (Phi) is 19.2. The van der Waals surface area contributed by atoms with Crippen molar-refractivity contribution in [2.75, 3.05) is 12.3 Å². The van der Waals surface area contributed by atoms with Gasteiger partial charge in [0.2, 0.25) is 5.91 Å². The molecular weight excluding hydrogens is 302 g/mol. The first-order valence-electron chi connectivity index (χ1n) is 9.83. The van der Waals surface area contributed by atoms with E-state index in [0.29, 0.717) is 13.0 Å². The third-order valence-corrected chi connectivity index (χ3v) is 4.32. The van der Waals surface area contributed by atoms with E-state index in [2.05, 4.69) is 37.0 Å². The van der Waals surface area contributed by atoms with E-state index in [1.54, 1.807) is 0 Å². The molecule has 0 aromatic carbocycles. The molecule has 0 heterocycles. The van der Waals surface area contributed by atoms with Crippen molar-refractivity contribution < 1.29 is 4.79 Å². The fourth-order valence-electron chi connectivity index (χ4n) is 2.64. The van der Waals surface area contributed by atoms with Gasteiger partial charge < -0.3 is 5.32 Å². The second-order valence-electron chi connectivity index (χ2n) is 6.41. The highest BCUT2D eigenvalue weighted by Crippen LogP contribution is 2.09. The first-order chi connectivity index (χ1) is 11.3. The van der Waals surface area contributed by atoms with Crippen molar-refractivity contribution in [1.82, 2.24) is 5.32 Å². The van der Waals surface area contributed by atoms with Gasteiger partial charge in [0.25, 0.3) is 0 Å². The van der Waals surface area contributed by atoms with E-state index in [0.717, 1.165) is 12.2 Å². The van der Waals surface area contributed by atoms with E-state index in [-0.39, 0.29) is 5.91 Å². The Morgan fingerprint density at radius 2 is 1.35 bits per heavy atom. The van der Waals surface area contributed by atoms with Crippen molar-refractivity contribution in [2.24, 2.45) is 0 Å². The van der Waals surface area contributed by atoms with Crippen LogP contribution in [0.5, 0.6) is 0 Å². The Morgan fingerprint density at radius 3 is 1.91 bits per heavy atom. The Bertz CT molecular complexity index is 279. The highest BCUT2D eigenvalue weighted by Gasteiger charge is 1.99. The molecule has 0 aromatic rings. The molecule has 0 atom stereocenters. The standard InChI is InChI=1S/C20H39NOS/c1-2-3-4-5-6-7-8-9-10-11-12-13-14-15-16-17-20(22)21-18-19-23/h9-10,23H,2-8,11-19H2,1H3,(H,21,22)/b10-9-. The molecule has 0 aromatic heterocycles. The number of nitrogens with one attached hydrogen (secondary N) is 1. The Hall–Kier alpha value is -0.440. The molecule has 1 N–H and O–H groups in total. The van der Waals surface area contributed by atoms with E-state index in [1.165, 1.54) is 77.0 Å². The maximum absolute atomic E-state index is 11.4. The maximum Gasteiger partial charge on any atom is 0.220 e. The number of hydrogen-bond acceptors (Lipinski definition) is 2. The molecule has 1 amide bonds.